The van der Waals surface area contributed by atoms with Crippen LogP contribution in [-0.4, -0.2) is 25.4 Å². The second-order valence-electron chi connectivity index (χ2n) is 5.25. The molecule has 0 aromatic heterocycles. The second-order valence-corrected chi connectivity index (χ2v) is 5.25. The molecule has 1 aliphatic carbocycles. The topological polar surface area (TPSA) is 30.5 Å². The van der Waals surface area contributed by atoms with Crippen LogP contribution in [0, 0.1) is 0 Å². The van der Waals surface area contributed by atoms with Crippen LogP contribution in [0.25, 0.3) is 0 Å². The summed E-state index contributed by atoms with van der Waals surface area (Å²) in [6.07, 6.45) is 6.57. The molecule has 0 spiro atoms. The Morgan fingerprint density at radius 2 is 1.83 bits per heavy atom. The van der Waals surface area contributed by atoms with E-state index in [0.717, 1.165) is 31.1 Å². The minimum Gasteiger partial charge on any atom is -0.490 e. The van der Waals surface area contributed by atoms with Gasteiger partial charge in [-0.2, -0.15) is 0 Å². The van der Waals surface area contributed by atoms with E-state index in [4.69, 9.17) is 9.47 Å². The van der Waals surface area contributed by atoms with Crippen molar-refractivity contribution in [2.45, 2.75) is 44.2 Å². The van der Waals surface area contributed by atoms with Crippen LogP contribution in [0.5, 0.6) is 5.75 Å². The molecule has 2 fully saturated rings. The molecule has 3 heteroatoms. The number of benzene rings is 1. The fourth-order valence-electron chi connectivity index (χ4n) is 2.71. The molecule has 1 atom stereocenters. The molecule has 3 nitrogen and oxygen atoms in total. The lowest BCUT2D eigenvalue weighted by Gasteiger charge is -2.15. The van der Waals surface area contributed by atoms with Gasteiger partial charge in [-0.1, -0.05) is 0 Å². The number of hydrogen-bond donors (Lipinski definition) is 1. The van der Waals surface area contributed by atoms with Crippen LogP contribution in [-0.2, 0) is 4.74 Å². The summed E-state index contributed by atoms with van der Waals surface area (Å²) < 4.78 is 11.3. The number of nitrogens with one attached hydrogen (secondary N) is 1. The molecule has 1 aromatic rings. The average Bonchev–Trinajstić information content (AvgIpc) is 3.05. The predicted molar refractivity (Wildman–Crippen MR) is 72.2 cm³/mol. The lowest BCUT2D eigenvalue weighted by molar-refractivity contribution is 0.195. The maximum atomic E-state index is 5.95. The average molecular weight is 247 g/mol. The van der Waals surface area contributed by atoms with Crippen molar-refractivity contribution in [2.24, 2.45) is 0 Å². The normalized spacial score (nSPS) is 24.3. The maximum absolute atomic E-state index is 5.95. The minimum absolute atomic E-state index is 0.437. The maximum Gasteiger partial charge on any atom is 0.119 e. The first-order chi connectivity index (χ1) is 8.90. The summed E-state index contributed by atoms with van der Waals surface area (Å²) in [5, 5.41) is 3.48. The van der Waals surface area contributed by atoms with Crippen LogP contribution in [0.2, 0.25) is 0 Å². The molecule has 98 valence electrons. The molecule has 1 unspecified atom stereocenters. The van der Waals surface area contributed by atoms with Crippen LogP contribution >= 0.6 is 0 Å². The van der Waals surface area contributed by atoms with Crippen LogP contribution in [0.1, 0.15) is 32.1 Å². The first-order valence-electron chi connectivity index (χ1n) is 7.01. The second kappa shape index (κ2) is 5.61. The van der Waals surface area contributed by atoms with Crippen molar-refractivity contribution in [3.05, 3.63) is 24.3 Å². The highest BCUT2D eigenvalue weighted by Gasteiger charge is 2.17. The molecule has 3 rings (SSSR count). The summed E-state index contributed by atoms with van der Waals surface area (Å²) in [7, 11) is 0. The standard InChI is InChI=1S/C15H21NO2/c1-2-4-14(3-1)18-15-7-5-12(6-8-15)16-13-9-10-17-11-13/h5-8,13-14,16H,1-4,9-11H2. The van der Waals surface area contributed by atoms with E-state index in [1.165, 1.54) is 25.7 Å². The third kappa shape index (κ3) is 2.96. The van der Waals surface area contributed by atoms with Crippen molar-refractivity contribution < 1.29 is 9.47 Å². The Balaban J connectivity index is 1.54. The zero-order valence-corrected chi connectivity index (χ0v) is 10.7. The summed E-state index contributed by atoms with van der Waals surface area (Å²) in [5.74, 6) is 0.995. The smallest absolute Gasteiger partial charge is 0.119 e. The van der Waals surface area contributed by atoms with E-state index in [1.807, 2.05) is 0 Å². The van der Waals surface area contributed by atoms with E-state index in [1.54, 1.807) is 0 Å². The molecular formula is C15H21NO2. The molecule has 1 saturated carbocycles. The van der Waals surface area contributed by atoms with E-state index < -0.39 is 0 Å². The van der Waals surface area contributed by atoms with Crippen molar-refractivity contribution in [3.8, 4) is 5.75 Å². The highest BCUT2D eigenvalue weighted by Crippen LogP contribution is 2.25. The molecule has 2 aliphatic rings. The summed E-state index contributed by atoms with van der Waals surface area (Å²) in [6, 6.07) is 8.80. The molecule has 1 N–H and O–H groups in total. The number of anilines is 1. The molecule has 0 bridgehead atoms. The largest absolute Gasteiger partial charge is 0.490 e. The van der Waals surface area contributed by atoms with Gasteiger partial charge in [-0.15, -0.1) is 0 Å². The Labute approximate surface area is 108 Å². The van der Waals surface area contributed by atoms with Crippen LogP contribution in [0.15, 0.2) is 24.3 Å². The van der Waals surface area contributed by atoms with Crippen molar-refractivity contribution >= 4 is 5.69 Å². The zero-order chi connectivity index (χ0) is 12.2. The van der Waals surface area contributed by atoms with E-state index in [-0.39, 0.29) is 0 Å². The van der Waals surface area contributed by atoms with Gasteiger partial charge < -0.3 is 14.8 Å². The van der Waals surface area contributed by atoms with Gasteiger partial charge in [0.05, 0.1) is 18.8 Å². The van der Waals surface area contributed by atoms with E-state index >= 15 is 0 Å². The lowest BCUT2D eigenvalue weighted by atomic mass is 10.2. The van der Waals surface area contributed by atoms with Gasteiger partial charge >= 0.3 is 0 Å². The first-order valence-corrected chi connectivity index (χ1v) is 7.01. The van der Waals surface area contributed by atoms with Crippen molar-refractivity contribution in [2.75, 3.05) is 18.5 Å². The first kappa shape index (κ1) is 11.8. The van der Waals surface area contributed by atoms with E-state index in [0.29, 0.717) is 12.1 Å². The van der Waals surface area contributed by atoms with Gasteiger partial charge in [0.1, 0.15) is 5.75 Å². The summed E-state index contributed by atoms with van der Waals surface area (Å²) >= 11 is 0. The highest BCUT2D eigenvalue weighted by atomic mass is 16.5. The fraction of sp³-hybridized carbons (Fsp3) is 0.600. The molecular weight excluding hydrogens is 226 g/mol. The number of ether oxygens (including phenoxy) is 2. The van der Waals surface area contributed by atoms with Gasteiger partial charge in [-0.05, 0) is 56.4 Å². The van der Waals surface area contributed by atoms with Crippen molar-refractivity contribution in [1.29, 1.82) is 0 Å². The predicted octanol–water partition coefficient (Wildman–Crippen LogP) is 3.21. The Hall–Kier alpha value is -1.22. The zero-order valence-electron chi connectivity index (χ0n) is 10.7. The van der Waals surface area contributed by atoms with Crippen LogP contribution in [0.3, 0.4) is 0 Å². The van der Waals surface area contributed by atoms with Gasteiger partial charge in [0.15, 0.2) is 0 Å². The van der Waals surface area contributed by atoms with Gasteiger partial charge in [0, 0.05) is 12.3 Å². The molecule has 0 amide bonds. The summed E-state index contributed by atoms with van der Waals surface area (Å²) in [4.78, 5) is 0. The SMILES string of the molecule is c1cc(OC2CCCC2)ccc1NC1CCOC1. The number of rotatable bonds is 4. The Morgan fingerprint density at radius 1 is 1.06 bits per heavy atom. The molecule has 1 aliphatic heterocycles. The molecule has 18 heavy (non-hydrogen) atoms. The van der Waals surface area contributed by atoms with Crippen LogP contribution < -0.4 is 10.1 Å². The van der Waals surface area contributed by atoms with E-state index in [9.17, 15) is 0 Å². The fourth-order valence-corrected chi connectivity index (χ4v) is 2.71. The quantitative estimate of drug-likeness (QED) is 0.886. The van der Waals surface area contributed by atoms with Gasteiger partial charge in [-0.25, -0.2) is 0 Å². The van der Waals surface area contributed by atoms with Crippen molar-refractivity contribution in [1.82, 2.24) is 0 Å². The Morgan fingerprint density at radius 3 is 2.50 bits per heavy atom. The molecule has 0 radical (unpaired) electrons. The monoisotopic (exact) mass is 247 g/mol. The Kier molecular flexibility index (Phi) is 3.69. The van der Waals surface area contributed by atoms with Crippen LogP contribution in [0.4, 0.5) is 5.69 Å². The summed E-state index contributed by atoms with van der Waals surface area (Å²) in [6.45, 7) is 1.70. The van der Waals surface area contributed by atoms with Gasteiger partial charge in [0.2, 0.25) is 0 Å². The Bertz CT molecular complexity index is 328. The molecule has 1 saturated heterocycles. The summed E-state index contributed by atoms with van der Waals surface area (Å²) in [5.41, 5.74) is 1.16. The van der Waals surface area contributed by atoms with Gasteiger partial charge in [-0.3, -0.25) is 0 Å². The molecule has 1 heterocycles. The third-order valence-corrected chi connectivity index (χ3v) is 3.76. The van der Waals surface area contributed by atoms with E-state index in [2.05, 4.69) is 29.6 Å². The number of hydrogen-bond acceptors (Lipinski definition) is 3. The minimum atomic E-state index is 0.437. The molecule has 1 aromatic carbocycles. The van der Waals surface area contributed by atoms with Crippen molar-refractivity contribution in [3.63, 3.8) is 0 Å². The highest BCUT2D eigenvalue weighted by molar-refractivity contribution is 5.47. The third-order valence-electron chi connectivity index (χ3n) is 3.76. The lowest BCUT2D eigenvalue weighted by Crippen LogP contribution is -2.18. The van der Waals surface area contributed by atoms with Gasteiger partial charge in [0.25, 0.3) is 0 Å².